The van der Waals surface area contributed by atoms with Gasteiger partial charge in [0, 0.05) is 6.61 Å². The third-order valence-electron chi connectivity index (χ3n) is 5.55. The number of phosphoric ester groups is 1. The molecule has 0 aliphatic heterocycles. The van der Waals surface area contributed by atoms with Crippen LogP contribution in [-0.4, -0.2) is 69.8 Å². The van der Waals surface area contributed by atoms with Gasteiger partial charge < -0.3 is 28.3 Å². The van der Waals surface area contributed by atoms with E-state index in [1.54, 1.807) is 0 Å². The summed E-state index contributed by atoms with van der Waals surface area (Å²) < 4.78 is 27.2. The van der Waals surface area contributed by atoms with Crippen LogP contribution in [-0.2, 0) is 18.3 Å². The Bertz CT molecular complexity index is 524. The Morgan fingerprint density at radius 1 is 0.794 bits per heavy atom. The zero-order chi connectivity index (χ0) is 25.5. The normalized spacial score (nSPS) is 15.1. The van der Waals surface area contributed by atoms with E-state index < -0.39 is 13.9 Å². The maximum Gasteiger partial charge on any atom is 0.268 e. The molecule has 204 valence electrons. The van der Waals surface area contributed by atoms with E-state index in [0.717, 1.165) is 12.8 Å². The van der Waals surface area contributed by atoms with E-state index in [-0.39, 0.29) is 19.8 Å². The van der Waals surface area contributed by atoms with Crippen molar-refractivity contribution in [2.45, 2.75) is 103 Å². The molecule has 0 fully saturated rings. The van der Waals surface area contributed by atoms with Crippen molar-refractivity contribution in [3.05, 3.63) is 12.2 Å². The molecule has 7 nitrogen and oxygen atoms in total. The van der Waals surface area contributed by atoms with Gasteiger partial charge in [-0.15, -0.1) is 0 Å². The van der Waals surface area contributed by atoms with Crippen LogP contribution in [0.1, 0.15) is 96.8 Å². The molecular formula is C26H54NO6P. The highest BCUT2D eigenvalue weighted by Gasteiger charge is 2.15. The predicted molar refractivity (Wildman–Crippen MR) is 139 cm³/mol. The Balaban J connectivity index is 3.43. The molecule has 0 aliphatic rings. The van der Waals surface area contributed by atoms with Crippen LogP contribution in [0.15, 0.2) is 12.2 Å². The summed E-state index contributed by atoms with van der Waals surface area (Å²) in [5.41, 5.74) is 0. The average molecular weight is 508 g/mol. The molecule has 0 rings (SSSR count). The molecule has 34 heavy (non-hydrogen) atoms. The number of likely N-dealkylation sites (N-methyl/N-ethyl adjacent to an activating group) is 1. The lowest BCUT2D eigenvalue weighted by atomic mass is 10.1. The number of allylic oxidation sites excluding steroid dienone is 2. The number of ether oxygens (including phenoxy) is 1. The Morgan fingerprint density at radius 3 is 1.88 bits per heavy atom. The summed E-state index contributed by atoms with van der Waals surface area (Å²) in [7, 11) is 1.44. The van der Waals surface area contributed by atoms with E-state index in [9.17, 15) is 14.6 Å². The summed E-state index contributed by atoms with van der Waals surface area (Å²) in [5, 5.41) is 9.83. The van der Waals surface area contributed by atoms with Gasteiger partial charge in [-0.1, -0.05) is 76.9 Å². The van der Waals surface area contributed by atoms with Crippen LogP contribution in [0.3, 0.4) is 0 Å². The second-order valence-electron chi connectivity index (χ2n) is 10.3. The van der Waals surface area contributed by atoms with Gasteiger partial charge in [0.25, 0.3) is 7.82 Å². The summed E-state index contributed by atoms with van der Waals surface area (Å²) >= 11 is 0. The highest BCUT2D eigenvalue weighted by Crippen LogP contribution is 2.38. The number of unbranched alkanes of at least 4 members (excludes halogenated alkanes) is 12. The van der Waals surface area contributed by atoms with Crippen LogP contribution in [0.5, 0.6) is 0 Å². The van der Waals surface area contributed by atoms with E-state index in [1.807, 2.05) is 21.1 Å². The molecule has 0 aliphatic carbocycles. The Morgan fingerprint density at radius 2 is 1.32 bits per heavy atom. The van der Waals surface area contributed by atoms with Crippen LogP contribution < -0.4 is 4.89 Å². The summed E-state index contributed by atoms with van der Waals surface area (Å²) in [6.45, 7) is 3.12. The highest BCUT2D eigenvalue weighted by atomic mass is 31.2. The first-order chi connectivity index (χ1) is 16.2. The first-order valence-electron chi connectivity index (χ1n) is 13.5. The molecular weight excluding hydrogens is 453 g/mol. The summed E-state index contributed by atoms with van der Waals surface area (Å²) in [4.78, 5) is 11.7. The highest BCUT2D eigenvalue weighted by molar-refractivity contribution is 7.45. The topological polar surface area (TPSA) is 88.0 Å². The lowest BCUT2D eigenvalue weighted by Crippen LogP contribution is -2.37. The number of quaternary nitrogens is 1. The van der Waals surface area contributed by atoms with Crippen LogP contribution >= 0.6 is 7.82 Å². The quantitative estimate of drug-likeness (QED) is 0.0748. The van der Waals surface area contributed by atoms with Crippen molar-refractivity contribution in [1.29, 1.82) is 0 Å². The first-order valence-corrected chi connectivity index (χ1v) is 14.9. The van der Waals surface area contributed by atoms with Crippen molar-refractivity contribution in [1.82, 2.24) is 0 Å². The van der Waals surface area contributed by atoms with Crippen LogP contribution in [0, 0.1) is 0 Å². The lowest BCUT2D eigenvalue weighted by Gasteiger charge is -2.27. The van der Waals surface area contributed by atoms with Gasteiger partial charge >= 0.3 is 0 Å². The standard InChI is InChI=1S/C26H54NO6P/c1-5-6-7-8-9-10-11-12-13-14-15-16-17-18-19-20-22-31-24-26(28)25-33-34(29,30)32-23-21-27(2,3)4/h12-13,26,28H,5-11,14-25H2,1-4H3/b13-12+/t26-/m0/s1. The van der Waals surface area contributed by atoms with Gasteiger partial charge in [-0.2, -0.15) is 0 Å². The molecule has 0 spiro atoms. The molecule has 1 unspecified atom stereocenters. The SMILES string of the molecule is CCCCCCCC/C=C/CCCCCCCCOC[C@H](O)COP(=O)([O-])OCC[N+](C)(C)C. The van der Waals surface area contributed by atoms with Crippen LogP contribution in [0.4, 0.5) is 0 Å². The van der Waals surface area contributed by atoms with Gasteiger partial charge in [0.15, 0.2) is 0 Å². The number of nitrogens with zero attached hydrogens (tertiary/aromatic N) is 1. The second kappa shape index (κ2) is 22.0. The van der Waals surface area contributed by atoms with Gasteiger partial charge in [-0.3, -0.25) is 4.57 Å². The van der Waals surface area contributed by atoms with Crippen molar-refractivity contribution in [3.63, 3.8) is 0 Å². The minimum absolute atomic E-state index is 0.0484. The van der Waals surface area contributed by atoms with Gasteiger partial charge in [-0.25, -0.2) is 0 Å². The van der Waals surface area contributed by atoms with E-state index in [0.29, 0.717) is 17.6 Å². The lowest BCUT2D eigenvalue weighted by molar-refractivity contribution is -0.870. The van der Waals surface area contributed by atoms with E-state index in [4.69, 9.17) is 13.8 Å². The van der Waals surface area contributed by atoms with Crippen molar-refractivity contribution >= 4 is 7.82 Å². The monoisotopic (exact) mass is 507 g/mol. The molecule has 0 aromatic heterocycles. The van der Waals surface area contributed by atoms with Crippen molar-refractivity contribution < 1.29 is 32.8 Å². The summed E-state index contributed by atoms with van der Waals surface area (Å²) in [6, 6.07) is 0. The zero-order valence-corrected chi connectivity index (χ0v) is 23.4. The molecule has 0 heterocycles. The maximum atomic E-state index is 11.7. The van der Waals surface area contributed by atoms with Crippen molar-refractivity contribution in [2.24, 2.45) is 0 Å². The maximum absolute atomic E-state index is 11.7. The fraction of sp³-hybridized carbons (Fsp3) is 0.923. The van der Waals surface area contributed by atoms with E-state index >= 15 is 0 Å². The molecule has 0 radical (unpaired) electrons. The van der Waals surface area contributed by atoms with Crippen molar-refractivity contribution in [2.75, 3.05) is 54.1 Å². The van der Waals surface area contributed by atoms with Crippen molar-refractivity contribution in [3.8, 4) is 0 Å². The van der Waals surface area contributed by atoms with Crippen LogP contribution in [0.25, 0.3) is 0 Å². The molecule has 0 aromatic carbocycles. The largest absolute Gasteiger partial charge is 0.756 e. The summed E-state index contributed by atoms with van der Waals surface area (Å²) in [6.07, 6.45) is 21.3. The minimum Gasteiger partial charge on any atom is -0.756 e. The van der Waals surface area contributed by atoms with E-state index in [2.05, 4.69) is 19.1 Å². The fourth-order valence-corrected chi connectivity index (χ4v) is 4.09. The molecule has 0 saturated carbocycles. The molecule has 0 saturated heterocycles. The van der Waals surface area contributed by atoms with Gasteiger partial charge in [-0.05, 0) is 32.1 Å². The number of hydrogen-bond acceptors (Lipinski definition) is 6. The molecule has 1 N–H and O–H groups in total. The predicted octanol–water partition coefficient (Wildman–Crippen LogP) is 5.61. The average Bonchev–Trinajstić information content (AvgIpc) is 2.76. The Kier molecular flexibility index (Phi) is 21.8. The molecule has 8 heteroatoms. The number of phosphoric acid groups is 1. The Hall–Kier alpha value is -0.270. The van der Waals surface area contributed by atoms with Gasteiger partial charge in [0.2, 0.25) is 0 Å². The number of rotatable bonds is 25. The van der Waals surface area contributed by atoms with E-state index in [1.165, 1.54) is 77.0 Å². The molecule has 2 atom stereocenters. The Labute approximate surface area is 210 Å². The zero-order valence-electron chi connectivity index (χ0n) is 22.5. The van der Waals surface area contributed by atoms with Gasteiger partial charge in [0.1, 0.15) is 19.3 Å². The van der Waals surface area contributed by atoms with Gasteiger partial charge in [0.05, 0.1) is 34.4 Å². The summed E-state index contributed by atoms with van der Waals surface area (Å²) in [5.74, 6) is 0. The third-order valence-corrected chi connectivity index (χ3v) is 6.51. The second-order valence-corrected chi connectivity index (χ2v) is 11.7. The fourth-order valence-electron chi connectivity index (χ4n) is 3.36. The number of aliphatic hydroxyl groups is 1. The molecule has 0 amide bonds. The minimum atomic E-state index is -4.39. The molecule has 0 bridgehead atoms. The van der Waals surface area contributed by atoms with Crippen LogP contribution in [0.2, 0.25) is 0 Å². The number of aliphatic hydroxyl groups excluding tert-OH is 1. The molecule has 0 aromatic rings. The third kappa shape index (κ3) is 26.3. The first kappa shape index (κ1) is 33.7. The smallest absolute Gasteiger partial charge is 0.268 e. The number of hydrogen-bond donors (Lipinski definition) is 1.